The summed E-state index contributed by atoms with van der Waals surface area (Å²) in [7, 11) is -0.711. The third-order valence-corrected chi connectivity index (χ3v) is 7.77. The van der Waals surface area contributed by atoms with Gasteiger partial charge in [-0.1, -0.05) is 115 Å². The van der Waals surface area contributed by atoms with Crippen molar-refractivity contribution in [1.82, 2.24) is 0 Å². The second-order valence-electron chi connectivity index (χ2n) is 7.44. The van der Waals surface area contributed by atoms with Crippen molar-refractivity contribution in [3.05, 3.63) is 126 Å². The van der Waals surface area contributed by atoms with E-state index < -0.39 is 14.0 Å². The molecule has 0 aliphatic rings. The molecular formula is C28H26NOP. The summed E-state index contributed by atoms with van der Waals surface area (Å²) < 4.78 is 0. The van der Waals surface area contributed by atoms with Crippen molar-refractivity contribution < 1.29 is 5.11 Å². The molecule has 0 spiro atoms. The van der Waals surface area contributed by atoms with Crippen molar-refractivity contribution in [1.29, 1.82) is 0 Å². The van der Waals surface area contributed by atoms with Crippen molar-refractivity contribution in [2.45, 2.75) is 19.1 Å². The molecule has 4 rings (SSSR count). The lowest BCUT2D eigenvalue weighted by Gasteiger charge is -2.21. The molecule has 0 aliphatic heterocycles. The zero-order chi connectivity index (χ0) is 21.5. The van der Waals surface area contributed by atoms with Gasteiger partial charge in [-0.3, -0.25) is 4.99 Å². The number of hydrogen-bond donors (Lipinski definition) is 1. The van der Waals surface area contributed by atoms with Crippen LogP contribution in [-0.4, -0.2) is 17.4 Å². The van der Waals surface area contributed by atoms with E-state index in [1.54, 1.807) is 0 Å². The van der Waals surface area contributed by atoms with E-state index in [1.807, 2.05) is 49.5 Å². The van der Waals surface area contributed by atoms with E-state index in [9.17, 15) is 5.11 Å². The molecule has 0 fully saturated rings. The molecule has 0 heterocycles. The summed E-state index contributed by atoms with van der Waals surface area (Å²) in [6.45, 7) is 1.95. The Morgan fingerprint density at radius 1 is 0.677 bits per heavy atom. The lowest BCUT2D eigenvalue weighted by molar-refractivity contribution is 0.154. The lowest BCUT2D eigenvalue weighted by atomic mass is 10.0. The number of benzene rings is 4. The van der Waals surface area contributed by atoms with Crippen LogP contribution < -0.4 is 15.9 Å². The lowest BCUT2D eigenvalue weighted by Crippen LogP contribution is -2.23. The molecule has 0 saturated heterocycles. The van der Waals surface area contributed by atoms with E-state index in [0.717, 1.165) is 11.1 Å². The van der Waals surface area contributed by atoms with Gasteiger partial charge in [0, 0.05) is 11.8 Å². The highest BCUT2D eigenvalue weighted by molar-refractivity contribution is 7.80. The van der Waals surface area contributed by atoms with Gasteiger partial charge >= 0.3 is 0 Å². The number of aliphatic imine (C=N–C) groups is 1. The van der Waals surface area contributed by atoms with Gasteiger partial charge in [-0.05, 0) is 36.3 Å². The van der Waals surface area contributed by atoms with Crippen LogP contribution in [0.4, 0.5) is 0 Å². The molecule has 0 aromatic heterocycles. The summed E-state index contributed by atoms with van der Waals surface area (Å²) in [5, 5.41) is 14.6. The van der Waals surface area contributed by atoms with Gasteiger partial charge in [0.1, 0.15) is 6.10 Å². The molecule has 31 heavy (non-hydrogen) atoms. The third-order valence-electron chi connectivity index (χ3n) is 5.25. The maximum Gasteiger partial charge on any atom is 0.101 e. The molecule has 3 heteroatoms. The molecule has 0 saturated carbocycles. The molecule has 2 atom stereocenters. The number of aliphatic hydroxyl groups is 1. The summed E-state index contributed by atoms with van der Waals surface area (Å²) in [6, 6.07) is 39.3. The summed E-state index contributed by atoms with van der Waals surface area (Å²) in [5.74, 6) is 0. The second kappa shape index (κ2) is 10.3. The first-order chi connectivity index (χ1) is 15.2. The van der Waals surface area contributed by atoms with Crippen LogP contribution in [0.15, 0.2) is 120 Å². The van der Waals surface area contributed by atoms with E-state index in [4.69, 9.17) is 4.99 Å². The third kappa shape index (κ3) is 5.17. The summed E-state index contributed by atoms with van der Waals surface area (Å²) in [4.78, 5) is 4.74. The molecule has 154 valence electrons. The maximum atomic E-state index is 10.7. The molecule has 1 N–H and O–H groups in total. The fraction of sp³-hybridized carbons (Fsp3) is 0.107. The fourth-order valence-electron chi connectivity index (χ4n) is 3.59. The van der Waals surface area contributed by atoms with Gasteiger partial charge in [0.2, 0.25) is 0 Å². The number of rotatable bonds is 7. The monoisotopic (exact) mass is 423 g/mol. The molecule has 0 amide bonds. The van der Waals surface area contributed by atoms with Gasteiger partial charge in [-0.2, -0.15) is 0 Å². The van der Waals surface area contributed by atoms with Gasteiger partial charge < -0.3 is 5.11 Å². The van der Waals surface area contributed by atoms with Crippen LogP contribution >= 0.6 is 7.92 Å². The van der Waals surface area contributed by atoms with Crippen molar-refractivity contribution in [2.75, 3.05) is 0 Å². The summed E-state index contributed by atoms with van der Waals surface area (Å²) in [6.07, 6.45) is 1.29. The number of aliphatic hydroxyl groups excluding tert-OH is 1. The van der Waals surface area contributed by atoms with Crippen LogP contribution in [-0.2, 0) is 0 Å². The van der Waals surface area contributed by atoms with Crippen LogP contribution in [0, 0.1) is 0 Å². The van der Waals surface area contributed by atoms with Gasteiger partial charge in [0.05, 0.1) is 6.04 Å². The maximum absolute atomic E-state index is 10.7. The van der Waals surface area contributed by atoms with Crippen molar-refractivity contribution >= 4 is 30.0 Å². The Kier molecular flexibility index (Phi) is 7.04. The van der Waals surface area contributed by atoms with Crippen molar-refractivity contribution in [3.63, 3.8) is 0 Å². The highest BCUT2D eigenvalue weighted by atomic mass is 31.1. The van der Waals surface area contributed by atoms with Crippen molar-refractivity contribution in [3.8, 4) is 0 Å². The van der Waals surface area contributed by atoms with E-state index in [2.05, 4.69) is 78.9 Å². The molecule has 4 aromatic rings. The molecule has 0 bridgehead atoms. The predicted octanol–water partition coefficient (Wildman–Crippen LogP) is 4.99. The zero-order valence-corrected chi connectivity index (χ0v) is 18.4. The van der Waals surface area contributed by atoms with E-state index in [0.29, 0.717) is 0 Å². The highest BCUT2D eigenvalue weighted by Gasteiger charge is 2.19. The van der Waals surface area contributed by atoms with Gasteiger partial charge in [0.15, 0.2) is 0 Å². The number of hydrogen-bond acceptors (Lipinski definition) is 2. The molecular weight excluding hydrogens is 397 g/mol. The van der Waals surface area contributed by atoms with Crippen LogP contribution in [0.5, 0.6) is 0 Å². The largest absolute Gasteiger partial charge is 0.386 e. The first-order valence-corrected chi connectivity index (χ1v) is 11.8. The molecule has 4 aromatic carbocycles. The average molecular weight is 423 g/mol. The Morgan fingerprint density at radius 3 is 1.74 bits per heavy atom. The van der Waals surface area contributed by atoms with Crippen LogP contribution in [0.2, 0.25) is 0 Å². The Bertz CT molecular complexity index is 1070. The predicted molar refractivity (Wildman–Crippen MR) is 134 cm³/mol. The Hall–Kier alpha value is -3.06. The minimum absolute atomic E-state index is 0.241. The highest BCUT2D eigenvalue weighted by Crippen LogP contribution is 2.33. The summed E-state index contributed by atoms with van der Waals surface area (Å²) in [5.41, 5.74) is 1.98. The Labute approximate surface area is 185 Å². The topological polar surface area (TPSA) is 32.6 Å². The SMILES string of the molecule is C[C@@H](N=Cc1ccccc1P(c1ccccc1)c1ccccc1)C(O)c1ccccc1. The normalized spacial score (nSPS) is 13.4. The molecule has 0 radical (unpaired) electrons. The Balaban J connectivity index is 1.69. The van der Waals surface area contributed by atoms with E-state index in [-0.39, 0.29) is 6.04 Å². The van der Waals surface area contributed by atoms with Gasteiger partial charge in [-0.25, -0.2) is 0 Å². The average Bonchev–Trinajstić information content (AvgIpc) is 2.85. The van der Waals surface area contributed by atoms with Crippen LogP contribution in [0.3, 0.4) is 0 Å². The molecule has 0 aliphatic carbocycles. The second-order valence-corrected chi connectivity index (χ2v) is 9.63. The first kappa shape index (κ1) is 21.2. The van der Waals surface area contributed by atoms with E-state index >= 15 is 0 Å². The molecule has 1 unspecified atom stereocenters. The minimum atomic E-state index is -0.711. The summed E-state index contributed by atoms with van der Waals surface area (Å²) >= 11 is 0. The van der Waals surface area contributed by atoms with E-state index in [1.165, 1.54) is 15.9 Å². The first-order valence-electron chi connectivity index (χ1n) is 10.5. The van der Waals surface area contributed by atoms with Crippen LogP contribution in [0.1, 0.15) is 24.2 Å². The quantitative estimate of drug-likeness (QED) is 0.330. The fourth-order valence-corrected chi connectivity index (χ4v) is 6.01. The molecule has 2 nitrogen and oxygen atoms in total. The van der Waals surface area contributed by atoms with Gasteiger partial charge in [-0.15, -0.1) is 0 Å². The smallest absolute Gasteiger partial charge is 0.101 e. The minimum Gasteiger partial charge on any atom is -0.386 e. The van der Waals surface area contributed by atoms with Gasteiger partial charge in [0.25, 0.3) is 0 Å². The standard InChI is InChI=1S/C28H26NOP/c1-22(28(30)23-13-5-2-6-14-23)29-21-24-15-11-12-20-27(24)31(25-16-7-3-8-17-25)26-18-9-4-10-19-26/h2-22,28,30H,1H3/t22-,28?/m1/s1. The van der Waals surface area contributed by atoms with Crippen LogP contribution in [0.25, 0.3) is 0 Å². The number of nitrogens with zero attached hydrogens (tertiary/aromatic N) is 1. The zero-order valence-electron chi connectivity index (χ0n) is 17.5. The van der Waals surface area contributed by atoms with Crippen molar-refractivity contribution in [2.24, 2.45) is 4.99 Å². The Morgan fingerprint density at radius 2 is 1.16 bits per heavy atom.